The summed E-state index contributed by atoms with van der Waals surface area (Å²) in [6.07, 6.45) is 3.67. The number of hydroxylamine groups is 2. The number of nitrogen functional groups attached to an aromatic ring is 1. The summed E-state index contributed by atoms with van der Waals surface area (Å²) in [5, 5.41) is 17.0. The number of amides is 3. The zero-order valence-corrected chi connectivity index (χ0v) is 26.1. The van der Waals surface area contributed by atoms with Crippen LogP contribution in [0.3, 0.4) is 0 Å². The number of allylic oxidation sites excluding steroid dienone is 1. The Labute approximate surface area is 265 Å². The second-order valence-corrected chi connectivity index (χ2v) is 12.5. The molecular formula is C27H32N6O10S2. The van der Waals surface area contributed by atoms with E-state index < -0.39 is 47.4 Å². The van der Waals surface area contributed by atoms with Crippen LogP contribution in [0, 0.1) is 0 Å². The van der Waals surface area contributed by atoms with Gasteiger partial charge in [-0.1, -0.05) is 11.6 Å². The molecule has 3 atom stereocenters. The van der Waals surface area contributed by atoms with Gasteiger partial charge in [-0.15, -0.1) is 23.1 Å². The fourth-order valence-electron chi connectivity index (χ4n) is 5.38. The quantitative estimate of drug-likeness (QED) is 0.0653. The number of esters is 1. The van der Waals surface area contributed by atoms with Crippen molar-refractivity contribution in [3.8, 4) is 0 Å². The van der Waals surface area contributed by atoms with E-state index in [9.17, 15) is 29.2 Å². The lowest BCUT2D eigenvalue weighted by Crippen LogP contribution is -2.71. The molecule has 2 saturated heterocycles. The number of thiazole rings is 1. The molecule has 3 aliphatic heterocycles. The SMILES string of the molecule is CON1CCC(=CC2=C(C(=O)OC(C)OC(=O)OC3CCCCC3)N3C(=O)C(NC(=O)C(=NO)c4csc(N)n4)C3SC2)C1=O. The molecule has 0 spiro atoms. The molecule has 4 heterocycles. The number of thioether (sulfide) groups is 1. The van der Waals surface area contributed by atoms with Crippen LogP contribution in [0.1, 0.15) is 51.1 Å². The summed E-state index contributed by atoms with van der Waals surface area (Å²) >= 11 is 2.27. The molecule has 18 heteroatoms. The Hall–Kier alpha value is -4.16. The number of nitrogens with two attached hydrogens (primary N) is 1. The predicted octanol–water partition coefficient (Wildman–Crippen LogP) is 1.65. The molecule has 1 aromatic heterocycles. The number of hydrogen-bond acceptors (Lipinski definition) is 15. The molecule has 0 radical (unpaired) electrons. The predicted molar refractivity (Wildman–Crippen MR) is 158 cm³/mol. The van der Waals surface area contributed by atoms with Gasteiger partial charge in [0.15, 0.2) is 10.8 Å². The Kier molecular flexibility index (Phi) is 9.93. The third-order valence-electron chi connectivity index (χ3n) is 7.56. The normalized spacial score (nSPS) is 23.9. The molecule has 1 saturated carbocycles. The van der Waals surface area contributed by atoms with Crippen LogP contribution in [0.2, 0.25) is 0 Å². The van der Waals surface area contributed by atoms with Crippen molar-refractivity contribution in [2.75, 3.05) is 25.1 Å². The summed E-state index contributed by atoms with van der Waals surface area (Å²) in [6, 6.07) is -1.09. The maximum atomic E-state index is 13.5. The molecule has 5 rings (SSSR count). The van der Waals surface area contributed by atoms with Crippen LogP contribution in [-0.2, 0) is 38.2 Å². The number of nitrogens with one attached hydrogen (secondary N) is 1. The first-order valence-corrected chi connectivity index (χ1v) is 16.1. The number of rotatable bonds is 9. The molecule has 16 nitrogen and oxygen atoms in total. The van der Waals surface area contributed by atoms with Crippen LogP contribution < -0.4 is 11.1 Å². The van der Waals surface area contributed by atoms with E-state index in [-0.39, 0.29) is 34.3 Å². The highest BCUT2D eigenvalue weighted by molar-refractivity contribution is 8.00. The van der Waals surface area contributed by atoms with Gasteiger partial charge in [-0.05, 0) is 43.8 Å². The van der Waals surface area contributed by atoms with Gasteiger partial charge in [0.25, 0.3) is 17.7 Å². The third kappa shape index (κ3) is 6.91. The van der Waals surface area contributed by atoms with E-state index in [0.29, 0.717) is 24.1 Å². The van der Waals surface area contributed by atoms with Crippen LogP contribution in [0.5, 0.6) is 0 Å². The van der Waals surface area contributed by atoms with Gasteiger partial charge >= 0.3 is 12.1 Å². The van der Waals surface area contributed by atoms with E-state index in [1.54, 1.807) is 0 Å². The van der Waals surface area contributed by atoms with Gasteiger partial charge < -0.3 is 30.5 Å². The van der Waals surface area contributed by atoms with Crippen molar-refractivity contribution in [1.29, 1.82) is 0 Å². The average molecular weight is 665 g/mol. The Bertz CT molecular complexity index is 1470. The molecule has 4 aliphatic rings. The van der Waals surface area contributed by atoms with Crippen molar-refractivity contribution < 1.29 is 48.2 Å². The number of carbonyl (C=O) groups excluding carboxylic acids is 5. The molecule has 0 aromatic carbocycles. The largest absolute Gasteiger partial charge is 0.511 e. The van der Waals surface area contributed by atoms with Crippen LogP contribution >= 0.6 is 23.1 Å². The van der Waals surface area contributed by atoms with Gasteiger partial charge in [0.1, 0.15) is 28.9 Å². The minimum Gasteiger partial charge on any atom is -0.431 e. The molecule has 3 fully saturated rings. The molecule has 1 aliphatic carbocycles. The third-order valence-corrected chi connectivity index (χ3v) is 9.54. The number of hydrogen-bond donors (Lipinski definition) is 3. The first kappa shape index (κ1) is 32.2. The highest BCUT2D eigenvalue weighted by Crippen LogP contribution is 2.42. The van der Waals surface area contributed by atoms with Crippen molar-refractivity contribution in [3.63, 3.8) is 0 Å². The van der Waals surface area contributed by atoms with Crippen LogP contribution in [0.4, 0.5) is 9.93 Å². The van der Waals surface area contributed by atoms with E-state index in [1.807, 2.05) is 0 Å². The Morgan fingerprint density at radius 3 is 2.62 bits per heavy atom. The maximum Gasteiger partial charge on any atom is 0.511 e. The second kappa shape index (κ2) is 13.9. The van der Waals surface area contributed by atoms with Crippen LogP contribution in [0.25, 0.3) is 0 Å². The molecule has 1 aromatic rings. The Morgan fingerprint density at radius 1 is 1.22 bits per heavy atom. The van der Waals surface area contributed by atoms with Gasteiger partial charge in [-0.2, -0.15) is 0 Å². The van der Waals surface area contributed by atoms with E-state index >= 15 is 0 Å². The summed E-state index contributed by atoms with van der Waals surface area (Å²) in [4.78, 5) is 75.1. The van der Waals surface area contributed by atoms with E-state index in [1.165, 1.54) is 42.3 Å². The van der Waals surface area contributed by atoms with Crippen molar-refractivity contribution in [2.24, 2.45) is 5.16 Å². The topological polar surface area (TPSA) is 212 Å². The number of ether oxygens (including phenoxy) is 3. The van der Waals surface area contributed by atoms with Gasteiger partial charge in [0, 0.05) is 23.6 Å². The average Bonchev–Trinajstić information content (AvgIpc) is 3.60. The number of anilines is 1. The lowest BCUT2D eigenvalue weighted by molar-refractivity contribution is -0.170. The first-order valence-electron chi connectivity index (χ1n) is 14.2. The summed E-state index contributed by atoms with van der Waals surface area (Å²) < 4.78 is 15.9. The maximum absolute atomic E-state index is 13.5. The number of carbonyl (C=O) groups is 5. The molecule has 4 N–H and O–H groups in total. The van der Waals surface area contributed by atoms with Crippen molar-refractivity contribution >= 4 is 63.8 Å². The summed E-state index contributed by atoms with van der Waals surface area (Å²) in [6.45, 7) is 1.65. The number of aromatic nitrogens is 1. The lowest BCUT2D eigenvalue weighted by atomic mass is 9.98. The molecule has 0 bridgehead atoms. The number of nitrogens with zero attached hydrogens (tertiary/aromatic N) is 4. The highest BCUT2D eigenvalue weighted by atomic mass is 32.2. The van der Waals surface area contributed by atoms with E-state index in [4.69, 9.17) is 24.8 Å². The lowest BCUT2D eigenvalue weighted by Gasteiger charge is -2.49. The van der Waals surface area contributed by atoms with Crippen molar-refractivity contribution in [3.05, 3.63) is 34.0 Å². The molecule has 242 valence electrons. The molecule has 45 heavy (non-hydrogen) atoms. The summed E-state index contributed by atoms with van der Waals surface area (Å²) in [5.41, 5.74) is 5.73. The fourth-order valence-corrected chi connectivity index (χ4v) is 7.24. The standard InChI is InChI=1S/C27H32N6O10S2/c1-13(42-27(38)43-16-6-4-3-5-7-16)41-25(37)20-15(10-14-8-9-32(40-2)22(14)35)11-44-24-19(23(36)33(20)24)30-21(34)18(31-39)17-12-45-26(28)29-17/h10,12-13,16,19,24,39H,3-9,11H2,1-2H3,(H2,28,29)(H,30,34). The Morgan fingerprint density at radius 2 is 1.98 bits per heavy atom. The zero-order valence-electron chi connectivity index (χ0n) is 24.4. The highest BCUT2D eigenvalue weighted by Gasteiger charge is 2.55. The number of β-lactam (4-membered cyclic amide) rings is 1. The molecule has 3 amide bonds. The van der Waals surface area contributed by atoms with E-state index in [0.717, 1.165) is 48.3 Å². The minimum atomic E-state index is -1.36. The van der Waals surface area contributed by atoms with Crippen LogP contribution in [0.15, 0.2) is 33.5 Å². The summed E-state index contributed by atoms with van der Waals surface area (Å²) in [5.74, 6) is -2.73. The smallest absolute Gasteiger partial charge is 0.431 e. The van der Waals surface area contributed by atoms with Crippen molar-refractivity contribution in [1.82, 2.24) is 20.3 Å². The van der Waals surface area contributed by atoms with Gasteiger partial charge in [0.2, 0.25) is 6.29 Å². The molecule has 3 unspecified atom stereocenters. The van der Waals surface area contributed by atoms with Crippen molar-refractivity contribution in [2.45, 2.75) is 69.3 Å². The summed E-state index contributed by atoms with van der Waals surface area (Å²) in [7, 11) is 1.37. The van der Waals surface area contributed by atoms with E-state index in [2.05, 4.69) is 15.5 Å². The van der Waals surface area contributed by atoms with Gasteiger partial charge in [0.05, 0.1) is 13.7 Å². The Balaban J connectivity index is 1.33. The van der Waals surface area contributed by atoms with Gasteiger partial charge in [-0.3, -0.25) is 24.1 Å². The minimum absolute atomic E-state index is 0.0258. The van der Waals surface area contributed by atoms with Gasteiger partial charge in [-0.25, -0.2) is 19.6 Å². The number of oxime groups is 1. The molecular weight excluding hydrogens is 632 g/mol. The fraction of sp³-hybridized carbons (Fsp3) is 0.519. The zero-order chi connectivity index (χ0) is 32.2. The van der Waals surface area contributed by atoms with Crippen LogP contribution in [-0.4, -0.2) is 98.9 Å². The second-order valence-electron chi connectivity index (χ2n) is 10.5. The monoisotopic (exact) mass is 664 g/mol. The first-order chi connectivity index (χ1) is 21.6. The number of fused-ring (bicyclic) bond motifs is 1.